The number of methoxy groups -OCH3 is 1. The normalized spacial score (nSPS) is 13.0. The average molecular weight is 349 g/mol. The number of amides is 2. The van der Waals surface area contributed by atoms with E-state index in [9.17, 15) is 9.90 Å². The van der Waals surface area contributed by atoms with Crippen LogP contribution in [0.2, 0.25) is 5.02 Å². The van der Waals surface area contributed by atoms with Crippen molar-refractivity contribution in [2.75, 3.05) is 19.0 Å². The van der Waals surface area contributed by atoms with Crippen molar-refractivity contribution in [3.05, 3.63) is 59.1 Å². The van der Waals surface area contributed by atoms with E-state index in [4.69, 9.17) is 16.3 Å². The molecule has 0 heterocycles. The van der Waals surface area contributed by atoms with Crippen molar-refractivity contribution in [3.8, 4) is 5.75 Å². The fourth-order valence-corrected chi connectivity index (χ4v) is 2.43. The number of anilines is 1. The molecule has 1 atom stereocenters. The molecule has 0 radical (unpaired) electrons. The van der Waals surface area contributed by atoms with E-state index >= 15 is 0 Å². The second kappa shape index (κ2) is 8.04. The van der Waals surface area contributed by atoms with Crippen LogP contribution in [0.4, 0.5) is 10.5 Å². The van der Waals surface area contributed by atoms with Crippen LogP contribution in [-0.2, 0) is 6.42 Å². The maximum atomic E-state index is 11.9. The van der Waals surface area contributed by atoms with Crippen molar-refractivity contribution in [3.63, 3.8) is 0 Å². The summed E-state index contributed by atoms with van der Waals surface area (Å²) in [7, 11) is 1.60. The smallest absolute Gasteiger partial charge is 0.319 e. The molecule has 0 aliphatic rings. The Morgan fingerprint density at radius 1 is 1.21 bits per heavy atom. The van der Waals surface area contributed by atoms with Gasteiger partial charge >= 0.3 is 6.03 Å². The molecule has 0 aliphatic heterocycles. The second-order valence-corrected chi connectivity index (χ2v) is 6.22. The van der Waals surface area contributed by atoms with Gasteiger partial charge in [-0.3, -0.25) is 0 Å². The minimum atomic E-state index is -1.08. The Hall–Kier alpha value is -2.24. The van der Waals surface area contributed by atoms with Crippen molar-refractivity contribution in [1.29, 1.82) is 0 Å². The molecule has 0 saturated carbocycles. The predicted octanol–water partition coefficient (Wildman–Crippen LogP) is 3.46. The third-order valence-corrected chi connectivity index (χ3v) is 3.83. The third kappa shape index (κ3) is 5.44. The highest BCUT2D eigenvalue weighted by atomic mass is 35.5. The zero-order chi connectivity index (χ0) is 17.6. The summed E-state index contributed by atoms with van der Waals surface area (Å²) in [6, 6.07) is 14.0. The van der Waals surface area contributed by atoms with Gasteiger partial charge < -0.3 is 20.5 Å². The number of hydrogen-bond acceptors (Lipinski definition) is 3. The SMILES string of the molecule is COc1ccc(C[C@](C)(O)CNC(=O)Nc2ccccc2Cl)cc1. The van der Waals surface area contributed by atoms with Crippen LogP contribution in [0.1, 0.15) is 12.5 Å². The molecule has 2 aromatic rings. The van der Waals surface area contributed by atoms with Crippen molar-refractivity contribution in [2.24, 2.45) is 0 Å². The van der Waals surface area contributed by atoms with E-state index in [1.807, 2.05) is 24.3 Å². The summed E-state index contributed by atoms with van der Waals surface area (Å²) in [6.07, 6.45) is 0.406. The molecular formula is C18H21ClN2O3. The number of carbonyl (C=O) groups is 1. The molecule has 128 valence electrons. The number of hydrogen-bond donors (Lipinski definition) is 3. The van der Waals surface area contributed by atoms with Crippen LogP contribution < -0.4 is 15.4 Å². The molecule has 2 amide bonds. The average Bonchev–Trinajstić information content (AvgIpc) is 2.56. The zero-order valence-corrected chi connectivity index (χ0v) is 14.4. The summed E-state index contributed by atoms with van der Waals surface area (Å²) in [6.45, 7) is 1.78. The van der Waals surface area contributed by atoms with E-state index in [1.165, 1.54) is 0 Å². The summed E-state index contributed by atoms with van der Waals surface area (Å²) in [5.41, 5.74) is 0.396. The molecule has 0 bridgehead atoms. The Morgan fingerprint density at radius 3 is 2.50 bits per heavy atom. The molecule has 24 heavy (non-hydrogen) atoms. The highest BCUT2D eigenvalue weighted by Crippen LogP contribution is 2.20. The highest BCUT2D eigenvalue weighted by Gasteiger charge is 2.22. The number of aliphatic hydroxyl groups is 1. The summed E-state index contributed by atoms with van der Waals surface area (Å²) < 4.78 is 5.11. The fraction of sp³-hybridized carbons (Fsp3) is 0.278. The lowest BCUT2D eigenvalue weighted by Gasteiger charge is -2.24. The monoisotopic (exact) mass is 348 g/mol. The lowest BCUT2D eigenvalue weighted by molar-refractivity contribution is 0.0629. The molecular weight excluding hydrogens is 328 g/mol. The number of nitrogens with one attached hydrogen (secondary N) is 2. The number of benzene rings is 2. The van der Waals surface area contributed by atoms with E-state index in [0.717, 1.165) is 11.3 Å². The maximum absolute atomic E-state index is 11.9. The van der Waals surface area contributed by atoms with Crippen LogP contribution in [0, 0.1) is 0 Å². The largest absolute Gasteiger partial charge is 0.497 e. The Morgan fingerprint density at radius 2 is 1.88 bits per heavy atom. The molecule has 3 N–H and O–H groups in total. The van der Waals surface area contributed by atoms with Crippen molar-refractivity contribution in [2.45, 2.75) is 18.9 Å². The van der Waals surface area contributed by atoms with Crippen LogP contribution >= 0.6 is 11.6 Å². The summed E-state index contributed by atoms with van der Waals surface area (Å²) in [4.78, 5) is 11.9. The molecule has 2 rings (SSSR count). The Balaban J connectivity index is 1.87. The van der Waals surface area contributed by atoms with Crippen molar-refractivity contribution >= 4 is 23.3 Å². The van der Waals surface area contributed by atoms with Crippen LogP contribution in [0.3, 0.4) is 0 Å². The lowest BCUT2D eigenvalue weighted by atomic mass is 9.96. The van der Waals surface area contributed by atoms with Gasteiger partial charge in [0.15, 0.2) is 0 Å². The third-order valence-electron chi connectivity index (χ3n) is 3.50. The minimum Gasteiger partial charge on any atom is -0.497 e. The Kier molecular flexibility index (Phi) is 6.06. The van der Waals surface area contributed by atoms with Gasteiger partial charge in [-0.1, -0.05) is 35.9 Å². The van der Waals surface area contributed by atoms with Crippen LogP contribution in [-0.4, -0.2) is 30.4 Å². The predicted molar refractivity (Wildman–Crippen MR) is 95.8 cm³/mol. The molecule has 0 unspecified atom stereocenters. The standard InChI is InChI=1S/C18H21ClN2O3/c1-18(23,11-13-7-9-14(24-2)10-8-13)12-20-17(22)21-16-6-4-3-5-15(16)19/h3-10,23H,11-12H2,1-2H3,(H2,20,21,22)/t18-/m0/s1. The second-order valence-electron chi connectivity index (χ2n) is 5.81. The fourth-order valence-electron chi connectivity index (χ4n) is 2.25. The molecule has 6 heteroatoms. The van der Waals surface area contributed by atoms with Gasteiger partial charge in [0, 0.05) is 13.0 Å². The molecule has 2 aromatic carbocycles. The lowest BCUT2D eigenvalue weighted by Crippen LogP contribution is -2.43. The number of rotatable bonds is 6. The Labute approximate surface area is 146 Å². The molecule has 0 aliphatic carbocycles. The van der Waals surface area contributed by atoms with Gasteiger partial charge in [-0.2, -0.15) is 0 Å². The molecule has 0 saturated heterocycles. The number of urea groups is 1. The summed E-state index contributed by atoms with van der Waals surface area (Å²) >= 11 is 5.99. The van der Waals surface area contributed by atoms with E-state index in [0.29, 0.717) is 17.1 Å². The van der Waals surface area contributed by atoms with Gasteiger partial charge in [0.25, 0.3) is 0 Å². The Bertz CT molecular complexity index is 687. The van der Waals surface area contributed by atoms with E-state index in [1.54, 1.807) is 38.3 Å². The molecule has 0 aromatic heterocycles. The maximum Gasteiger partial charge on any atom is 0.319 e. The minimum absolute atomic E-state index is 0.106. The number of para-hydroxylation sites is 1. The highest BCUT2D eigenvalue weighted by molar-refractivity contribution is 6.33. The first-order valence-electron chi connectivity index (χ1n) is 7.54. The van der Waals surface area contributed by atoms with E-state index < -0.39 is 11.6 Å². The molecule has 0 spiro atoms. The van der Waals surface area contributed by atoms with Gasteiger partial charge in [0.2, 0.25) is 0 Å². The molecule has 5 nitrogen and oxygen atoms in total. The van der Waals surface area contributed by atoms with Gasteiger partial charge in [0.1, 0.15) is 5.75 Å². The van der Waals surface area contributed by atoms with Crippen LogP contribution in [0.15, 0.2) is 48.5 Å². The number of halogens is 1. The van der Waals surface area contributed by atoms with Gasteiger partial charge in [0.05, 0.1) is 23.4 Å². The van der Waals surface area contributed by atoms with Crippen LogP contribution in [0.5, 0.6) is 5.75 Å². The van der Waals surface area contributed by atoms with Crippen LogP contribution in [0.25, 0.3) is 0 Å². The van der Waals surface area contributed by atoms with Gasteiger partial charge in [-0.15, -0.1) is 0 Å². The quantitative estimate of drug-likeness (QED) is 0.748. The first kappa shape index (κ1) is 18.1. The van der Waals surface area contributed by atoms with Gasteiger partial charge in [-0.05, 0) is 36.8 Å². The summed E-state index contributed by atoms with van der Waals surface area (Å²) in [5.74, 6) is 0.760. The van der Waals surface area contributed by atoms with Crippen molar-refractivity contribution in [1.82, 2.24) is 5.32 Å². The topological polar surface area (TPSA) is 70.6 Å². The van der Waals surface area contributed by atoms with Crippen molar-refractivity contribution < 1.29 is 14.6 Å². The molecule has 0 fully saturated rings. The zero-order valence-electron chi connectivity index (χ0n) is 13.7. The number of ether oxygens (including phenoxy) is 1. The first-order chi connectivity index (χ1) is 11.4. The first-order valence-corrected chi connectivity index (χ1v) is 7.92. The van der Waals surface area contributed by atoms with E-state index in [-0.39, 0.29) is 6.54 Å². The summed E-state index contributed by atoms with van der Waals surface area (Å²) in [5, 5.41) is 16.2. The van der Waals surface area contributed by atoms with Gasteiger partial charge in [-0.25, -0.2) is 4.79 Å². The van der Waals surface area contributed by atoms with E-state index in [2.05, 4.69) is 10.6 Å². The number of carbonyl (C=O) groups excluding carboxylic acids is 1.